The first-order valence-electron chi connectivity index (χ1n) is 7.04. The zero-order valence-corrected chi connectivity index (χ0v) is 9.70. The van der Waals surface area contributed by atoms with Gasteiger partial charge >= 0.3 is 0 Å². The molecule has 15 heavy (non-hydrogen) atoms. The Morgan fingerprint density at radius 1 is 0.733 bits per heavy atom. The Labute approximate surface area is 93.3 Å². The van der Waals surface area contributed by atoms with Crippen molar-refractivity contribution in [2.75, 3.05) is 0 Å². The van der Waals surface area contributed by atoms with E-state index in [9.17, 15) is 5.11 Å². The zero-order valence-electron chi connectivity index (χ0n) is 9.70. The third kappa shape index (κ3) is 1.73. The van der Waals surface area contributed by atoms with E-state index >= 15 is 0 Å². The van der Waals surface area contributed by atoms with Gasteiger partial charge in [-0.3, -0.25) is 0 Å². The molecule has 5 atom stereocenters. The van der Waals surface area contributed by atoms with Gasteiger partial charge in [0.25, 0.3) is 0 Å². The van der Waals surface area contributed by atoms with Crippen LogP contribution in [0.5, 0.6) is 0 Å². The Kier molecular flexibility index (Phi) is 2.76. The maximum absolute atomic E-state index is 10.2. The molecule has 1 heteroatoms. The quantitative estimate of drug-likeness (QED) is 0.647. The Bertz CT molecular complexity index is 223. The average Bonchev–Trinajstić information content (AvgIpc) is 2.44. The monoisotopic (exact) mass is 208 g/mol. The minimum absolute atomic E-state index is 0.0544. The van der Waals surface area contributed by atoms with Crippen molar-refractivity contribution >= 4 is 0 Å². The Morgan fingerprint density at radius 2 is 1.33 bits per heavy atom. The molecule has 1 N–H and O–H groups in total. The molecule has 0 amide bonds. The van der Waals surface area contributed by atoms with Gasteiger partial charge < -0.3 is 5.11 Å². The van der Waals surface area contributed by atoms with Crippen molar-refractivity contribution in [1.82, 2.24) is 0 Å². The topological polar surface area (TPSA) is 20.2 Å². The Hall–Kier alpha value is -0.0400. The van der Waals surface area contributed by atoms with E-state index in [4.69, 9.17) is 0 Å². The molecule has 3 rings (SSSR count). The molecule has 0 aromatic rings. The standard InChI is InChI=1S/C14H24O/c15-13-9-11-7-2-1-5-10-6-3-4-8-12(13)14(10)11/h10-15H,1-9H2. The summed E-state index contributed by atoms with van der Waals surface area (Å²) >= 11 is 0. The summed E-state index contributed by atoms with van der Waals surface area (Å²) in [5, 5.41) is 10.2. The minimum atomic E-state index is 0.0544. The number of rotatable bonds is 0. The van der Waals surface area contributed by atoms with Gasteiger partial charge in [-0.05, 0) is 36.5 Å². The van der Waals surface area contributed by atoms with E-state index in [1.807, 2.05) is 0 Å². The van der Waals surface area contributed by atoms with Gasteiger partial charge in [-0.1, -0.05) is 44.9 Å². The van der Waals surface area contributed by atoms with Gasteiger partial charge in [-0.15, -0.1) is 0 Å². The SMILES string of the molecule is OC1CC2CCCCC3CCCCC1C32. The lowest BCUT2D eigenvalue weighted by Gasteiger charge is -2.28. The molecule has 86 valence electrons. The second kappa shape index (κ2) is 4.08. The Balaban J connectivity index is 1.86. The highest BCUT2D eigenvalue weighted by Crippen LogP contribution is 2.52. The molecule has 3 saturated carbocycles. The molecule has 0 radical (unpaired) electrons. The van der Waals surface area contributed by atoms with Crippen LogP contribution in [0.3, 0.4) is 0 Å². The van der Waals surface area contributed by atoms with Crippen LogP contribution in [-0.4, -0.2) is 11.2 Å². The number of aliphatic hydroxyl groups is 1. The molecule has 0 aliphatic heterocycles. The van der Waals surface area contributed by atoms with Crippen LogP contribution in [0, 0.1) is 23.7 Å². The van der Waals surface area contributed by atoms with Crippen molar-refractivity contribution in [3.63, 3.8) is 0 Å². The van der Waals surface area contributed by atoms with Crippen molar-refractivity contribution in [2.24, 2.45) is 23.7 Å². The molecule has 5 unspecified atom stereocenters. The lowest BCUT2D eigenvalue weighted by atomic mass is 9.77. The summed E-state index contributed by atoms with van der Waals surface area (Å²) in [6.45, 7) is 0. The first-order valence-corrected chi connectivity index (χ1v) is 7.04. The number of aliphatic hydroxyl groups excluding tert-OH is 1. The summed E-state index contributed by atoms with van der Waals surface area (Å²) in [4.78, 5) is 0. The van der Waals surface area contributed by atoms with E-state index in [0.29, 0.717) is 5.92 Å². The number of hydrogen-bond donors (Lipinski definition) is 1. The first kappa shape index (κ1) is 10.1. The predicted octanol–water partition coefficient (Wildman–Crippen LogP) is 3.36. The second-order valence-electron chi connectivity index (χ2n) is 6.13. The molecule has 0 aromatic carbocycles. The largest absolute Gasteiger partial charge is 0.393 e. The zero-order chi connectivity index (χ0) is 10.3. The van der Waals surface area contributed by atoms with Gasteiger partial charge in [-0.2, -0.15) is 0 Å². The summed E-state index contributed by atoms with van der Waals surface area (Å²) in [5.74, 6) is 3.45. The Morgan fingerprint density at radius 3 is 2.07 bits per heavy atom. The van der Waals surface area contributed by atoms with Gasteiger partial charge in [0, 0.05) is 0 Å². The predicted molar refractivity (Wildman–Crippen MR) is 61.5 cm³/mol. The summed E-state index contributed by atoms with van der Waals surface area (Å²) in [6.07, 6.45) is 12.5. The maximum Gasteiger partial charge on any atom is 0.0574 e. The van der Waals surface area contributed by atoms with E-state index < -0.39 is 0 Å². The van der Waals surface area contributed by atoms with Gasteiger partial charge in [0.2, 0.25) is 0 Å². The molecule has 0 aromatic heterocycles. The first-order chi connectivity index (χ1) is 7.36. The van der Waals surface area contributed by atoms with Crippen LogP contribution in [0.25, 0.3) is 0 Å². The average molecular weight is 208 g/mol. The van der Waals surface area contributed by atoms with Crippen LogP contribution < -0.4 is 0 Å². The van der Waals surface area contributed by atoms with Gasteiger partial charge in [0.05, 0.1) is 6.10 Å². The van der Waals surface area contributed by atoms with Crippen LogP contribution in [0.1, 0.15) is 57.8 Å². The fourth-order valence-corrected chi connectivity index (χ4v) is 4.81. The van der Waals surface area contributed by atoms with Crippen molar-refractivity contribution in [2.45, 2.75) is 63.9 Å². The lowest BCUT2D eigenvalue weighted by Crippen LogP contribution is -2.24. The summed E-state index contributed by atoms with van der Waals surface area (Å²) in [7, 11) is 0. The van der Waals surface area contributed by atoms with Crippen molar-refractivity contribution in [3.8, 4) is 0 Å². The van der Waals surface area contributed by atoms with Crippen LogP contribution >= 0.6 is 0 Å². The van der Waals surface area contributed by atoms with E-state index in [1.54, 1.807) is 0 Å². The second-order valence-corrected chi connectivity index (χ2v) is 6.13. The van der Waals surface area contributed by atoms with Gasteiger partial charge in [0.15, 0.2) is 0 Å². The third-order valence-corrected chi connectivity index (χ3v) is 5.38. The van der Waals surface area contributed by atoms with Crippen LogP contribution in [0.15, 0.2) is 0 Å². The fourth-order valence-electron chi connectivity index (χ4n) is 4.81. The maximum atomic E-state index is 10.2. The minimum Gasteiger partial charge on any atom is -0.393 e. The lowest BCUT2D eigenvalue weighted by molar-refractivity contribution is 0.0999. The molecule has 0 spiro atoms. The van der Waals surface area contributed by atoms with Crippen LogP contribution in [0.4, 0.5) is 0 Å². The summed E-state index contributed by atoms with van der Waals surface area (Å²) in [5.41, 5.74) is 0. The molecular formula is C14H24O. The third-order valence-electron chi connectivity index (χ3n) is 5.38. The van der Waals surface area contributed by atoms with Gasteiger partial charge in [-0.25, -0.2) is 0 Å². The van der Waals surface area contributed by atoms with E-state index in [-0.39, 0.29) is 6.10 Å². The van der Waals surface area contributed by atoms with Gasteiger partial charge in [0.1, 0.15) is 0 Å². The highest BCUT2D eigenvalue weighted by Gasteiger charge is 2.46. The van der Waals surface area contributed by atoms with Crippen LogP contribution in [0.2, 0.25) is 0 Å². The summed E-state index contributed by atoms with van der Waals surface area (Å²) in [6, 6.07) is 0. The molecular weight excluding hydrogens is 184 g/mol. The van der Waals surface area contributed by atoms with E-state index in [1.165, 1.54) is 51.4 Å². The van der Waals surface area contributed by atoms with Crippen molar-refractivity contribution in [3.05, 3.63) is 0 Å². The molecule has 3 fully saturated rings. The normalized spacial score (nSPS) is 50.6. The highest BCUT2D eigenvalue weighted by atomic mass is 16.3. The molecule has 3 aliphatic rings. The molecule has 1 nitrogen and oxygen atoms in total. The summed E-state index contributed by atoms with van der Waals surface area (Å²) < 4.78 is 0. The van der Waals surface area contributed by atoms with Crippen LogP contribution in [-0.2, 0) is 0 Å². The van der Waals surface area contributed by atoms with Crippen molar-refractivity contribution < 1.29 is 5.11 Å². The highest BCUT2D eigenvalue weighted by molar-refractivity contribution is 4.96. The molecule has 0 heterocycles. The fraction of sp³-hybridized carbons (Fsp3) is 1.00. The molecule has 0 saturated heterocycles. The van der Waals surface area contributed by atoms with Crippen molar-refractivity contribution in [1.29, 1.82) is 0 Å². The number of hydrogen-bond acceptors (Lipinski definition) is 1. The molecule has 0 bridgehead atoms. The van der Waals surface area contributed by atoms with E-state index in [0.717, 1.165) is 24.2 Å². The smallest absolute Gasteiger partial charge is 0.0574 e. The van der Waals surface area contributed by atoms with E-state index in [2.05, 4.69) is 0 Å². The molecule has 3 aliphatic carbocycles.